The van der Waals surface area contributed by atoms with Crippen molar-refractivity contribution in [2.24, 2.45) is 0 Å². The minimum Gasteiger partial charge on any atom is -0.101 e. The Labute approximate surface area is 73.2 Å². The lowest BCUT2D eigenvalue weighted by Gasteiger charge is -1.98. The highest BCUT2D eigenvalue weighted by atomic mass is 32.2. The van der Waals surface area contributed by atoms with E-state index in [1.54, 1.807) is 0 Å². The molecule has 52 valence electrons. The third-order valence-corrected chi connectivity index (χ3v) is 4.70. The number of thioether (sulfide) groups is 3. The van der Waals surface area contributed by atoms with Crippen LogP contribution in [0.4, 0.5) is 0 Å². The Bertz CT molecular complexity index is 181. The molecule has 0 aromatic rings. The van der Waals surface area contributed by atoms with Gasteiger partial charge in [-0.25, -0.2) is 0 Å². The van der Waals surface area contributed by atoms with Crippen LogP contribution in [0.25, 0.3) is 0 Å². The van der Waals surface area contributed by atoms with Gasteiger partial charge in [-0.15, -0.1) is 11.8 Å². The predicted molar refractivity (Wildman–Crippen MR) is 52.7 cm³/mol. The summed E-state index contributed by atoms with van der Waals surface area (Å²) in [7, 11) is 0. The van der Waals surface area contributed by atoms with Gasteiger partial charge in [0.2, 0.25) is 0 Å². The molecule has 2 heterocycles. The molecule has 10 heavy (non-hydrogen) atoms. The van der Waals surface area contributed by atoms with Gasteiger partial charge in [0.1, 0.15) is 0 Å². The van der Waals surface area contributed by atoms with Gasteiger partial charge in [0, 0.05) is 4.91 Å². The van der Waals surface area contributed by atoms with E-state index < -0.39 is 0 Å². The molecule has 0 aromatic heterocycles. The van der Waals surface area contributed by atoms with Crippen LogP contribution >= 0.6 is 35.3 Å². The fraction of sp³-hybridized carbons (Fsp3) is 0.143. The fourth-order valence-electron chi connectivity index (χ4n) is 0.803. The minimum absolute atomic E-state index is 1.14. The van der Waals surface area contributed by atoms with Crippen molar-refractivity contribution in [3.63, 3.8) is 0 Å². The summed E-state index contributed by atoms with van der Waals surface area (Å²) >= 11 is 5.54. The van der Waals surface area contributed by atoms with E-state index in [0.29, 0.717) is 0 Å². The molecule has 2 aliphatic rings. The Hall–Kier alpha value is 0.270. The molecule has 0 amide bonds. The number of hydrogen-bond acceptors (Lipinski definition) is 3. The smallest absolute Gasteiger partial charge is 0.0588 e. The van der Waals surface area contributed by atoms with Crippen molar-refractivity contribution in [1.82, 2.24) is 0 Å². The molecule has 0 saturated heterocycles. The molecule has 2 aliphatic heterocycles. The van der Waals surface area contributed by atoms with Crippen molar-refractivity contribution in [2.75, 3.05) is 0 Å². The summed E-state index contributed by atoms with van der Waals surface area (Å²) in [6.07, 6.45) is 3.36. The van der Waals surface area contributed by atoms with Gasteiger partial charge in [-0.3, -0.25) is 0 Å². The minimum atomic E-state index is 1.14. The molecule has 0 saturated carbocycles. The van der Waals surface area contributed by atoms with Crippen LogP contribution in [0.2, 0.25) is 0 Å². The van der Waals surface area contributed by atoms with Crippen LogP contribution in [0.1, 0.15) is 6.42 Å². The quantitative estimate of drug-likeness (QED) is 0.565. The van der Waals surface area contributed by atoms with Gasteiger partial charge in [0.05, 0.1) is 4.24 Å². The average molecular weight is 186 g/mol. The average Bonchev–Trinajstić information content (AvgIpc) is 2.59. The molecular weight excluding hydrogens is 180 g/mol. The molecule has 0 fully saturated rings. The molecule has 0 aliphatic carbocycles. The number of hydrogen-bond donors (Lipinski definition) is 0. The van der Waals surface area contributed by atoms with Crippen molar-refractivity contribution in [2.45, 2.75) is 6.42 Å². The van der Waals surface area contributed by atoms with Crippen LogP contribution in [0.5, 0.6) is 0 Å². The lowest BCUT2D eigenvalue weighted by molar-refractivity contribution is 1.40. The van der Waals surface area contributed by atoms with Gasteiger partial charge in [-0.2, -0.15) is 0 Å². The molecule has 0 radical (unpaired) electrons. The predicted octanol–water partition coefficient (Wildman–Crippen LogP) is 3.76. The summed E-state index contributed by atoms with van der Waals surface area (Å²) in [4.78, 5) is 1.51. The van der Waals surface area contributed by atoms with E-state index in [1.165, 1.54) is 9.14 Å². The second-order valence-corrected chi connectivity index (χ2v) is 5.00. The molecule has 0 bridgehead atoms. The zero-order chi connectivity index (χ0) is 6.81. The van der Waals surface area contributed by atoms with Crippen molar-refractivity contribution in [1.29, 1.82) is 0 Å². The van der Waals surface area contributed by atoms with Gasteiger partial charge in [-0.1, -0.05) is 29.6 Å². The first kappa shape index (κ1) is 6.95. The Morgan fingerprint density at radius 3 is 2.40 bits per heavy atom. The van der Waals surface area contributed by atoms with E-state index in [-0.39, 0.29) is 0 Å². The van der Waals surface area contributed by atoms with E-state index in [9.17, 15) is 0 Å². The lowest BCUT2D eigenvalue weighted by atomic mass is 10.4. The Morgan fingerprint density at radius 2 is 1.80 bits per heavy atom. The van der Waals surface area contributed by atoms with E-state index >= 15 is 0 Å². The Balaban J connectivity index is 2.14. The van der Waals surface area contributed by atoms with E-state index in [1.807, 2.05) is 35.3 Å². The third kappa shape index (κ3) is 1.31. The highest BCUT2D eigenvalue weighted by Gasteiger charge is 2.11. The van der Waals surface area contributed by atoms with Crippen molar-refractivity contribution >= 4 is 35.3 Å². The van der Waals surface area contributed by atoms with E-state index in [4.69, 9.17) is 0 Å². The molecule has 0 unspecified atom stereocenters. The summed E-state index contributed by atoms with van der Waals surface area (Å²) in [5.41, 5.74) is 0. The van der Waals surface area contributed by atoms with Crippen LogP contribution in [0.3, 0.4) is 0 Å². The second kappa shape index (κ2) is 3.11. The normalized spacial score (nSPS) is 23.2. The van der Waals surface area contributed by atoms with Crippen LogP contribution in [0, 0.1) is 0 Å². The SMILES string of the molecule is C1=CSC(=C2SC=CS2)C1. The molecular formula is C7H6S3. The van der Waals surface area contributed by atoms with Crippen molar-refractivity contribution in [3.8, 4) is 0 Å². The monoisotopic (exact) mass is 186 g/mol. The first-order chi connectivity index (χ1) is 4.97. The molecule has 0 spiro atoms. The lowest BCUT2D eigenvalue weighted by Crippen LogP contribution is -1.68. The molecule has 0 aromatic carbocycles. The molecule has 2 rings (SSSR count). The topological polar surface area (TPSA) is 0 Å². The second-order valence-electron chi connectivity index (χ2n) is 1.91. The summed E-state index contributed by atoms with van der Waals surface area (Å²) in [5, 5.41) is 6.46. The zero-order valence-electron chi connectivity index (χ0n) is 5.24. The van der Waals surface area contributed by atoms with Crippen molar-refractivity contribution < 1.29 is 0 Å². The summed E-state index contributed by atoms with van der Waals surface area (Å²) in [5.74, 6) is 0. The van der Waals surface area contributed by atoms with E-state index in [0.717, 1.165) is 6.42 Å². The molecule has 0 nitrogen and oxygen atoms in total. The van der Waals surface area contributed by atoms with Crippen LogP contribution in [-0.4, -0.2) is 0 Å². The number of allylic oxidation sites excluding steroid dienone is 2. The fourth-order valence-corrected chi connectivity index (χ4v) is 3.70. The molecule has 0 atom stereocenters. The van der Waals surface area contributed by atoms with Gasteiger partial charge in [-0.05, 0) is 22.6 Å². The molecule has 3 heteroatoms. The highest BCUT2D eigenvalue weighted by Crippen LogP contribution is 2.46. The van der Waals surface area contributed by atoms with Crippen LogP contribution in [0.15, 0.2) is 31.4 Å². The maximum Gasteiger partial charge on any atom is 0.0588 e. The van der Waals surface area contributed by atoms with Gasteiger partial charge in [0.15, 0.2) is 0 Å². The van der Waals surface area contributed by atoms with Gasteiger partial charge >= 0.3 is 0 Å². The largest absolute Gasteiger partial charge is 0.101 e. The Morgan fingerprint density at radius 1 is 1.00 bits per heavy atom. The summed E-state index contributed by atoms with van der Waals surface area (Å²) in [6, 6.07) is 0. The van der Waals surface area contributed by atoms with E-state index in [2.05, 4.69) is 22.3 Å². The first-order valence-electron chi connectivity index (χ1n) is 3.00. The van der Waals surface area contributed by atoms with Crippen molar-refractivity contribution in [3.05, 3.63) is 31.4 Å². The van der Waals surface area contributed by atoms with Crippen LogP contribution in [-0.2, 0) is 0 Å². The molecule has 0 N–H and O–H groups in total. The first-order valence-corrected chi connectivity index (χ1v) is 5.64. The third-order valence-electron chi connectivity index (χ3n) is 1.24. The Kier molecular flexibility index (Phi) is 2.16. The standard InChI is InChI=1S/C7H6S3/c1-2-6(8-3-1)7-9-4-5-10-7/h1,3-5H,2H2. The van der Waals surface area contributed by atoms with Crippen LogP contribution < -0.4 is 0 Å². The van der Waals surface area contributed by atoms with Gasteiger partial charge < -0.3 is 0 Å². The zero-order valence-corrected chi connectivity index (χ0v) is 7.69. The summed E-state index contributed by atoms with van der Waals surface area (Å²) in [6.45, 7) is 0. The van der Waals surface area contributed by atoms with Gasteiger partial charge in [0.25, 0.3) is 0 Å². The number of rotatable bonds is 0. The maximum atomic E-state index is 2.21. The summed E-state index contributed by atoms with van der Waals surface area (Å²) < 4.78 is 1.47. The maximum absolute atomic E-state index is 2.21. The highest BCUT2D eigenvalue weighted by molar-refractivity contribution is 8.28.